The van der Waals surface area contributed by atoms with Crippen molar-refractivity contribution in [2.75, 3.05) is 0 Å². The highest BCUT2D eigenvalue weighted by Gasteiger charge is 2.20. The molecular formula is C21H26FN. The predicted octanol–water partition coefficient (Wildman–Crippen LogP) is 6.13. The third-order valence-corrected chi connectivity index (χ3v) is 5.12. The van der Waals surface area contributed by atoms with Crippen molar-refractivity contribution in [2.45, 2.75) is 58.3 Å². The summed E-state index contributed by atoms with van der Waals surface area (Å²) in [6, 6.07) is 9.73. The van der Waals surface area contributed by atoms with Crippen molar-refractivity contribution in [1.29, 1.82) is 0 Å². The number of aryl methyl sites for hydroxylation is 1. The van der Waals surface area contributed by atoms with E-state index in [1.165, 1.54) is 31.2 Å². The zero-order valence-corrected chi connectivity index (χ0v) is 14.2. The molecule has 0 spiro atoms. The molecule has 2 aromatic rings. The summed E-state index contributed by atoms with van der Waals surface area (Å²) in [7, 11) is 0. The van der Waals surface area contributed by atoms with Gasteiger partial charge in [-0.2, -0.15) is 0 Å². The van der Waals surface area contributed by atoms with Crippen molar-refractivity contribution in [2.24, 2.45) is 5.92 Å². The van der Waals surface area contributed by atoms with Crippen molar-refractivity contribution < 1.29 is 4.39 Å². The Bertz CT molecular complexity index is 639. The van der Waals surface area contributed by atoms with Crippen LogP contribution in [0.2, 0.25) is 0 Å². The van der Waals surface area contributed by atoms with Crippen LogP contribution in [0, 0.1) is 11.7 Å². The van der Waals surface area contributed by atoms with E-state index in [1.807, 2.05) is 18.3 Å². The van der Waals surface area contributed by atoms with Crippen molar-refractivity contribution in [3.63, 3.8) is 0 Å². The van der Waals surface area contributed by atoms with Crippen LogP contribution in [0.25, 0.3) is 11.3 Å². The van der Waals surface area contributed by atoms with Crippen molar-refractivity contribution in [3.8, 4) is 11.3 Å². The average Bonchev–Trinajstić information content (AvgIpc) is 2.57. The highest BCUT2D eigenvalue weighted by Crippen LogP contribution is 2.36. The number of pyridine rings is 1. The van der Waals surface area contributed by atoms with E-state index in [1.54, 1.807) is 6.07 Å². The van der Waals surface area contributed by atoms with Gasteiger partial charge < -0.3 is 0 Å². The van der Waals surface area contributed by atoms with Crippen LogP contribution in [-0.2, 0) is 6.42 Å². The van der Waals surface area contributed by atoms with Gasteiger partial charge in [-0.15, -0.1) is 0 Å². The van der Waals surface area contributed by atoms with E-state index >= 15 is 0 Å². The van der Waals surface area contributed by atoms with Gasteiger partial charge in [0.25, 0.3) is 0 Å². The van der Waals surface area contributed by atoms with E-state index in [0.29, 0.717) is 11.5 Å². The molecule has 3 rings (SSSR count). The number of nitrogens with zero attached hydrogens (tertiary/aromatic N) is 1. The van der Waals surface area contributed by atoms with Gasteiger partial charge in [-0.05, 0) is 60.4 Å². The number of hydrogen-bond acceptors (Lipinski definition) is 1. The summed E-state index contributed by atoms with van der Waals surface area (Å²) in [5.74, 6) is 1.20. The van der Waals surface area contributed by atoms with E-state index in [9.17, 15) is 4.39 Å². The molecule has 0 radical (unpaired) electrons. The number of aromatic nitrogens is 1. The Balaban J connectivity index is 1.79. The predicted molar refractivity (Wildman–Crippen MR) is 94.0 cm³/mol. The molecule has 1 fully saturated rings. The zero-order valence-electron chi connectivity index (χ0n) is 14.2. The molecule has 1 nitrogen and oxygen atoms in total. The molecule has 1 aromatic carbocycles. The first-order valence-electron chi connectivity index (χ1n) is 8.92. The highest BCUT2D eigenvalue weighted by molar-refractivity contribution is 5.60. The van der Waals surface area contributed by atoms with Gasteiger partial charge >= 0.3 is 0 Å². The topological polar surface area (TPSA) is 12.9 Å². The van der Waals surface area contributed by atoms with Crippen LogP contribution in [0.4, 0.5) is 4.39 Å². The fraction of sp³-hybridized carbons (Fsp3) is 0.476. The van der Waals surface area contributed by atoms with Crippen LogP contribution in [0.3, 0.4) is 0 Å². The first-order valence-corrected chi connectivity index (χ1v) is 8.92. The van der Waals surface area contributed by atoms with Crippen molar-refractivity contribution in [1.82, 2.24) is 4.98 Å². The minimum absolute atomic E-state index is 0.142. The molecule has 0 bridgehead atoms. The molecule has 122 valence electrons. The number of benzene rings is 1. The Morgan fingerprint density at radius 2 is 1.87 bits per heavy atom. The lowest BCUT2D eigenvalue weighted by Gasteiger charge is -2.26. The molecule has 1 saturated carbocycles. The fourth-order valence-corrected chi connectivity index (χ4v) is 3.61. The normalized spacial score (nSPS) is 21.3. The summed E-state index contributed by atoms with van der Waals surface area (Å²) in [6.07, 6.45) is 8.88. The Morgan fingerprint density at radius 3 is 2.48 bits per heavy atom. The van der Waals surface area contributed by atoms with Gasteiger partial charge in [-0.25, -0.2) is 4.39 Å². The van der Waals surface area contributed by atoms with Gasteiger partial charge in [0.05, 0.1) is 5.69 Å². The second-order valence-corrected chi connectivity index (χ2v) is 7.00. The SMILES string of the molecule is CCCc1ccc(-c2ccc([C@H]3CC[C@H](C)CC3)cc2F)nc1. The fourth-order valence-electron chi connectivity index (χ4n) is 3.61. The first kappa shape index (κ1) is 16.2. The molecule has 1 aromatic heterocycles. The third-order valence-electron chi connectivity index (χ3n) is 5.12. The van der Waals surface area contributed by atoms with Gasteiger partial charge in [0.1, 0.15) is 5.82 Å². The molecule has 2 heteroatoms. The van der Waals surface area contributed by atoms with E-state index in [0.717, 1.165) is 30.0 Å². The maximum absolute atomic E-state index is 14.6. The van der Waals surface area contributed by atoms with Gasteiger partial charge in [0.15, 0.2) is 0 Å². The zero-order chi connectivity index (χ0) is 16.2. The van der Waals surface area contributed by atoms with E-state index < -0.39 is 0 Å². The van der Waals surface area contributed by atoms with Gasteiger partial charge in [-0.3, -0.25) is 4.98 Å². The van der Waals surface area contributed by atoms with E-state index in [2.05, 4.69) is 31.0 Å². The van der Waals surface area contributed by atoms with E-state index in [4.69, 9.17) is 0 Å². The molecule has 0 atom stereocenters. The largest absolute Gasteiger partial charge is 0.256 e. The molecule has 0 aliphatic heterocycles. The van der Waals surface area contributed by atoms with Crippen LogP contribution >= 0.6 is 0 Å². The van der Waals surface area contributed by atoms with Crippen LogP contribution in [-0.4, -0.2) is 4.98 Å². The molecule has 23 heavy (non-hydrogen) atoms. The van der Waals surface area contributed by atoms with Crippen LogP contribution in [0.15, 0.2) is 36.5 Å². The van der Waals surface area contributed by atoms with Crippen LogP contribution in [0.1, 0.15) is 63.0 Å². The summed E-state index contributed by atoms with van der Waals surface area (Å²) in [5.41, 5.74) is 3.71. The second-order valence-electron chi connectivity index (χ2n) is 7.00. The minimum Gasteiger partial charge on any atom is -0.256 e. The van der Waals surface area contributed by atoms with Crippen molar-refractivity contribution in [3.05, 3.63) is 53.5 Å². The van der Waals surface area contributed by atoms with Gasteiger partial charge in [0.2, 0.25) is 0 Å². The summed E-state index contributed by atoms with van der Waals surface area (Å²) in [5, 5.41) is 0. The quantitative estimate of drug-likeness (QED) is 0.661. The first-order chi connectivity index (χ1) is 11.2. The lowest BCUT2D eigenvalue weighted by Crippen LogP contribution is -2.11. The summed E-state index contributed by atoms with van der Waals surface area (Å²) in [6.45, 7) is 4.46. The average molecular weight is 311 g/mol. The van der Waals surface area contributed by atoms with Gasteiger partial charge in [0, 0.05) is 11.8 Å². The molecule has 0 unspecified atom stereocenters. The number of rotatable bonds is 4. The standard InChI is InChI=1S/C21H26FN/c1-3-4-16-7-12-21(23-14-16)19-11-10-18(13-20(19)22)17-8-5-15(2)6-9-17/h7,10-15,17H,3-6,8-9H2,1-2H3/t15-,17-. The Hall–Kier alpha value is -1.70. The Kier molecular flexibility index (Phi) is 5.09. The number of halogens is 1. The number of hydrogen-bond donors (Lipinski definition) is 0. The molecule has 0 N–H and O–H groups in total. The van der Waals surface area contributed by atoms with Crippen LogP contribution in [0.5, 0.6) is 0 Å². The molecule has 1 aliphatic carbocycles. The Morgan fingerprint density at radius 1 is 1.09 bits per heavy atom. The second kappa shape index (κ2) is 7.25. The summed E-state index contributed by atoms with van der Waals surface area (Å²) in [4.78, 5) is 4.44. The van der Waals surface area contributed by atoms with E-state index in [-0.39, 0.29) is 5.82 Å². The Labute approximate surface area is 139 Å². The third kappa shape index (κ3) is 3.80. The minimum atomic E-state index is -0.142. The lowest BCUT2D eigenvalue weighted by atomic mass is 9.79. The molecule has 0 amide bonds. The summed E-state index contributed by atoms with van der Waals surface area (Å²) < 4.78 is 14.6. The lowest BCUT2D eigenvalue weighted by molar-refractivity contribution is 0.347. The molecule has 0 saturated heterocycles. The molecule has 1 heterocycles. The van der Waals surface area contributed by atoms with Crippen molar-refractivity contribution >= 4 is 0 Å². The smallest absolute Gasteiger partial charge is 0.132 e. The monoisotopic (exact) mass is 311 g/mol. The van der Waals surface area contributed by atoms with Gasteiger partial charge in [-0.1, -0.05) is 45.2 Å². The van der Waals surface area contributed by atoms with Crippen LogP contribution < -0.4 is 0 Å². The molecule has 1 aliphatic rings. The summed E-state index contributed by atoms with van der Waals surface area (Å²) >= 11 is 0. The highest BCUT2D eigenvalue weighted by atomic mass is 19.1. The maximum Gasteiger partial charge on any atom is 0.132 e. The molecular weight excluding hydrogens is 285 g/mol. The maximum atomic E-state index is 14.6.